The van der Waals surface area contributed by atoms with Crippen LogP contribution in [0.1, 0.15) is 47.0 Å². The van der Waals surface area contributed by atoms with Gasteiger partial charge in [0.25, 0.3) is 0 Å². The third-order valence-electron chi connectivity index (χ3n) is 4.48. The topological polar surface area (TPSA) is 41.6 Å². The van der Waals surface area contributed by atoms with Crippen molar-refractivity contribution >= 4 is 39.6 Å². The van der Waals surface area contributed by atoms with Crippen molar-refractivity contribution < 1.29 is 9.53 Å². The number of ether oxygens (including phenoxy) is 1. The third kappa shape index (κ3) is 2.99. The molecule has 2 heterocycles. The Hall–Kier alpha value is -1.14. The molecule has 22 heavy (non-hydrogen) atoms. The fourth-order valence-corrected chi connectivity index (χ4v) is 4.97. The standard InChI is InChI=1S/C16H22N2O2S2/c1-10-5-4-8-18(9-10)16(21)17-14-13(15(19)20-2)11-6-3-7-12(11)22-14/h10H,3-9H2,1-2H3,(H,17,21)/t10-/m1/s1. The lowest BCUT2D eigenvalue weighted by atomic mass is 10.0. The van der Waals surface area contributed by atoms with Crippen molar-refractivity contribution in [3.05, 3.63) is 16.0 Å². The molecule has 1 aromatic rings. The molecule has 1 aromatic heterocycles. The molecule has 1 fully saturated rings. The second-order valence-electron chi connectivity index (χ2n) is 6.18. The summed E-state index contributed by atoms with van der Waals surface area (Å²) in [5.74, 6) is 0.415. The van der Waals surface area contributed by atoms with Gasteiger partial charge < -0.3 is 15.0 Å². The normalized spacial score (nSPS) is 20.6. The molecule has 0 saturated carbocycles. The molecule has 3 rings (SSSR count). The Kier molecular flexibility index (Phi) is 4.68. The van der Waals surface area contributed by atoms with Gasteiger partial charge in [0.05, 0.1) is 12.7 Å². The smallest absolute Gasteiger partial charge is 0.341 e. The minimum atomic E-state index is -0.253. The maximum absolute atomic E-state index is 12.2. The predicted molar refractivity (Wildman–Crippen MR) is 93.9 cm³/mol. The number of esters is 1. The summed E-state index contributed by atoms with van der Waals surface area (Å²) in [6.45, 7) is 4.24. The van der Waals surface area contributed by atoms with E-state index in [0.717, 1.165) is 48.0 Å². The van der Waals surface area contributed by atoms with Gasteiger partial charge in [-0.05, 0) is 55.8 Å². The van der Waals surface area contributed by atoms with Crippen LogP contribution < -0.4 is 5.32 Å². The molecule has 0 bridgehead atoms. The maximum atomic E-state index is 12.2. The van der Waals surface area contributed by atoms with Gasteiger partial charge in [0, 0.05) is 18.0 Å². The second kappa shape index (κ2) is 6.54. The number of likely N-dealkylation sites (tertiary alicyclic amines) is 1. The zero-order chi connectivity index (χ0) is 15.7. The van der Waals surface area contributed by atoms with Crippen molar-refractivity contribution in [2.75, 3.05) is 25.5 Å². The van der Waals surface area contributed by atoms with Crippen LogP contribution in [0.2, 0.25) is 0 Å². The number of carbonyl (C=O) groups is 1. The number of piperidine rings is 1. The highest BCUT2D eigenvalue weighted by Crippen LogP contribution is 2.39. The number of hydrogen-bond donors (Lipinski definition) is 1. The van der Waals surface area contributed by atoms with E-state index in [1.807, 2.05) is 0 Å². The molecule has 4 nitrogen and oxygen atoms in total. The van der Waals surface area contributed by atoms with Crippen LogP contribution in [0.5, 0.6) is 0 Å². The lowest BCUT2D eigenvalue weighted by Crippen LogP contribution is -2.41. The average Bonchev–Trinajstić information content (AvgIpc) is 3.07. The summed E-state index contributed by atoms with van der Waals surface area (Å²) < 4.78 is 4.98. The summed E-state index contributed by atoms with van der Waals surface area (Å²) in [7, 11) is 1.44. The van der Waals surface area contributed by atoms with E-state index >= 15 is 0 Å². The van der Waals surface area contributed by atoms with E-state index in [0.29, 0.717) is 11.5 Å². The summed E-state index contributed by atoms with van der Waals surface area (Å²) in [4.78, 5) is 15.7. The molecule has 1 aliphatic carbocycles. The van der Waals surface area contributed by atoms with Gasteiger partial charge in [-0.1, -0.05) is 6.92 Å². The number of aryl methyl sites for hydroxylation is 1. The van der Waals surface area contributed by atoms with Gasteiger partial charge in [-0.3, -0.25) is 0 Å². The van der Waals surface area contributed by atoms with Crippen LogP contribution in [-0.2, 0) is 17.6 Å². The van der Waals surface area contributed by atoms with E-state index < -0.39 is 0 Å². The van der Waals surface area contributed by atoms with Gasteiger partial charge in [0.1, 0.15) is 5.00 Å². The van der Waals surface area contributed by atoms with Gasteiger partial charge in [0.15, 0.2) is 5.11 Å². The Bertz CT molecular complexity index is 597. The molecule has 0 spiro atoms. The Morgan fingerprint density at radius 1 is 1.41 bits per heavy atom. The van der Waals surface area contributed by atoms with Crippen LogP contribution >= 0.6 is 23.6 Å². The van der Waals surface area contributed by atoms with Crippen molar-refractivity contribution in [1.82, 2.24) is 4.90 Å². The fourth-order valence-electron chi connectivity index (χ4n) is 3.36. The Morgan fingerprint density at radius 3 is 2.95 bits per heavy atom. The van der Waals surface area contributed by atoms with Crippen molar-refractivity contribution in [2.45, 2.75) is 39.0 Å². The van der Waals surface area contributed by atoms with E-state index in [1.54, 1.807) is 11.3 Å². The minimum absolute atomic E-state index is 0.253. The van der Waals surface area contributed by atoms with Crippen LogP contribution in [-0.4, -0.2) is 36.2 Å². The number of thiophene rings is 1. The molecule has 0 radical (unpaired) electrons. The molecule has 1 N–H and O–H groups in total. The monoisotopic (exact) mass is 338 g/mol. The van der Waals surface area contributed by atoms with Crippen LogP contribution in [0, 0.1) is 5.92 Å². The van der Waals surface area contributed by atoms with Gasteiger partial charge in [-0.2, -0.15) is 0 Å². The predicted octanol–water partition coefficient (Wildman–Crippen LogP) is 3.45. The second-order valence-corrected chi connectivity index (χ2v) is 7.67. The van der Waals surface area contributed by atoms with Crippen molar-refractivity contribution in [3.8, 4) is 0 Å². The van der Waals surface area contributed by atoms with Crippen LogP contribution in [0.15, 0.2) is 0 Å². The molecule has 6 heteroatoms. The van der Waals surface area contributed by atoms with E-state index in [1.165, 1.54) is 24.8 Å². The number of carbonyl (C=O) groups excluding carboxylic acids is 1. The number of thiocarbonyl (C=S) groups is 1. The first-order valence-corrected chi connectivity index (χ1v) is 9.11. The summed E-state index contributed by atoms with van der Waals surface area (Å²) in [6, 6.07) is 0. The molecule has 120 valence electrons. The average molecular weight is 338 g/mol. The van der Waals surface area contributed by atoms with Crippen molar-refractivity contribution in [3.63, 3.8) is 0 Å². The summed E-state index contributed by atoms with van der Waals surface area (Å²) in [5, 5.41) is 4.91. The quantitative estimate of drug-likeness (QED) is 0.661. The number of nitrogens with zero attached hydrogens (tertiary/aromatic N) is 1. The SMILES string of the molecule is COC(=O)c1c(NC(=S)N2CCC[C@@H](C)C2)sc2c1CCC2. The Morgan fingerprint density at radius 2 is 2.23 bits per heavy atom. The van der Waals surface area contributed by atoms with E-state index in [2.05, 4.69) is 17.1 Å². The Balaban J connectivity index is 1.80. The van der Waals surface area contributed by atoms with Gasteiger partial charge >= 0.3 is 5.97 Å². The molecule has 0 amide bonds. The third-order valence-corrected chi connectivity index (χ3v) is 6.04. The van der Waals surface area contributed by atoms with E-state index in [4.69, 9.17) is 17.0 Å². The number of nitrogens with one attached hydrogen (secondary N) is 1. The molecular formula is C16H22N2O2S2. The van der Waals surface area contributed by atoms with Gasteiger partial charge in [-0.15, -0.1) is 11.3 Å². The molecule has 1 saturated heterocycles. The molecule has 1 atom stereocenters. The number of fused-ring (bicyclic) bond motifs is 1. The number of hydrogen-bond acceptors (Lipinski definition) is 4. The van der Waals surface area contributed by atoms with E-state index in [-0.39, 0.29) is 5.97 Å². The maximum Gasteiger partial charge on any atom is 0.341 e. The zero-order valence-electron chi connectivity index (χ0n) is 13.1. The minimum Gasteiger partial charge on any atom is -0.465 e. The van der Waals surface area contributed by atoms with Crippen LogP contribution in [0.4, 0.5) is 5.00 Å². The van der Waals surface area contributed by atoms with Crippen molar-refractivity contribution in [2.24, 2.45) is 5.92 Å². The number of methoxy groups -OCH3 is 1. The first-order chi connectivity index (χ1) is 10.6. The molecule has 0 aromatic carbocycles. The highest BCUT2D eigenvalue weighted by molar-refractivity contribution is 7.80. The molecule has 1 aliphatic heterocycles. The number of anilines is 1. The van der Waals surface area contributed by atoms with Gasteiger partial charge in [0.2, 0.25) is 0 Å². The first-order valence-electron chi connectivity index (χ1n) is 7.89. The molecular weight excluding hydrogens is 316 g/mol. The largest absolute Gasteiger partial charge is 0.465 e. The fraction of sp³-hybridized carbons (Fsp3) is 0.625. The highest BCUT2D eigenvalue weighted by atomic mass is 32.1. The zero-order valence-corrected chi connectivity index (χ0v) is 14.7. The lowest BCUT2D eigenvalue weighted by Gasteiger charge is -2.33. The van der Waals surface area contributed by atoms with Crippen LogP contribution in [0.3, 0.4) is 0 Å². The lowest BCUT2D eigenvalue weighted by molar-refractivity contribution is 0.0601. The highest BCUT2D eigenvalue weighted by Gasteiger charge is 2.28. The van der Waals surface area contributed by atoms with Crippen molar-refractivity contribution in [1.29, 1.82) is 0 Å². The first kappa shape index (κ1) is 15.7. The molecule has 2 aliphatic rings. The van der Waals surface area contributed by atoms with Gasteiger partial charge in [-0.25, -0.2) is 4.79 Å². The Labute approximate surface area is 140 Å². The van der Waals surface area contributed by atoms with Crippen LogP contribution in [0.25, 0.3) is 0 Å². The number of rotatable bonds is 2. The van der Waals surface area contributed by atoms with E-state index in [9.17, 15) is 4.79 Å². The summed E-state index contributed by atoms with van der Waals surface area (Å²) >= 11 is 7.23. The summed E-state index contributed by atoms with van der Waals surface area (Å²) in [5.41, 5.74) is 1.86. The molecule has 0 unspecified atom stereocenters. The summed E-state index contributed by atoms with van der Waals surface area (Å²) in [6.07, 6.45) is 5.58.